The van der Waals surface area contributed by atoms with Crippen molar-refractivity contribution in [1.29, 1.82) is 0 Å². The van der Waals surface area contributed by atoms with Crippen LogP contribution in [0, 0.1) is 10.1 Å². The number of anilines is 1. The molecular formula is C15H13N3O6. The SMILES string of the molecule is CCOC(=O)c1cc(C(=O)Nc2ncccc2O)cc([N+](=O)[O-])c1. The number of rotatable bonds is 5. The van der Waals surface area contributed by atoms with Gasteiger partial charge in [-0.3, -0.25) is 14.9 Å². The molecule has 2 aromatic rings. The summed E-state index contributed by atoms with van der Waals surface area (Å²) in [5.41, 5.74) is -0.699. The zero-order valence-corrected chi connectivity index (χ0v) is 12.6. The van der Waals surface area contributed by atoms with E-state index in [2.05, 4.69) is 10.3 Å². The molecule has 0 atom stereocenters. The van der Waals surface area contributed by atoms with E-state index in [1.54, 1.807) is 6.92 Å². The molecule has 0 unspecified atom stereocenters. The minimum absolute atomic E-state index is 0.0882. The highest BCUT2D eigenvalue weighted by Gasteiger charge is 2.19. The highest BCUT2D eigenvalue weighted by atomic mass is 16.6. The smallest absolute Gasteiger partial charge is 0.338 e. The van der Waals surface area contributed by atoms with Crippen LogP contribution >= 0.6 is 0 Å². The van der Waals surface area contributed by atoms with Crippen LogP contribution in [0.15, 0.2) is 36.5 Å². The fourth-order valence-electron chi connectivity index (χ4n) is 1.85. The van der Waals surface area contributed by atoms with E-state index >= 15 is 0 Å². The summed E-state index contributed by atoms with van der Waals surface area (Å²) in [5, 5.41) is 22.9. The van der Waals surface area contributed by atoms with E-state index < -0.39 is 22.5 Å². The van der Waals surface area contributed by atoms with Crippen LogP contribution in [0.2, 0.25) is 0 Å². The molecule has 0 spiro atoms. The molecule has 24 heavy (non-hydrogen) atoms. The quantitative estimate of drug-likeness (QED) is 0.487. The number of carbonyl (C=O) groups is 2. The maximum absolute atomic E-state index is 12.2. The molecular weight excluding hydrogens is 318 g/mol. The van der Waals surface area contributed by atoms with Gasteiger partial charge in [-0.25, -0.2) is 9.78 Å². The van der Waals surface area contributed by atoms with Crippen LogP contribution < -0.4 is 5.32 Å². The first-order valence-corrected chi connectivity index (χ1v) is 6.84. The lowest BCUT2D eigenvalue weighted by atomic mass is 10.1. The first-order chi connectivity index (χ1) is 11.4. The Morgan fingerprint density at radius 1 is 1.33 bits per heavy atom. The second-order valence-electron chi connectivity index (χ2n) is 4.57. The Morgan fingerprint density at radius 2 is 2.04 bits per heavy atom. The van der Waals surface area contributed by atoms with Crippen LogP contribution in [0.1, 0.15) is 27.6 Å². The van der Waals surface area contributed by atoms with Crippen LogP contribution in [-0.4, -0.2) is 33.5 Å². The van der Waals surface area contributed by atoms with E-state index in [1.165, 1.54) is 24.4 Å². The predicted molar refractivity (Wildman–Crippen MR) is 82.9 cm³/mol. The molecule has 1 aromatic heterocycles. The van der Waals surface area contributed by atoms with Gasteiger partial charge in [0.15, 0.2) is 11.6 Å². The third-order valence-electron chi connectivity index (χ3n) is 2.92. The third kappa shape index (κ3) is 3.83. The highest BCUT2D eigenvalue weighted by molar-refractivity contribution is 6.06. The van der Waals surface area contributed by atoms with Crippen molar-refractivity contribution >= 4 is 23.4 Å². The van der Waals surface area contributed by atoms with Gasteiger partial charge in [0, 0.05) is 23.9 Å². The number of hydrogen-bond acceptors (Lipinski definition) is 7. The average molecular weight is 331 g/mol. The van der Waals surface area contributed by atoms with Crippen molar-refractivity contribution in [1.82, 2.24) is 4.98 Å². The molecule has 2 N–H and O–H groups in total. The average Bonchev–Trinajstić information content (AvgIpc) is 2.56. The molecule has 0 aliphatic heterocycles. The Kier molecular flexibility index (Phi) is 5.05. The molecule has 0 saturated carbocycles. The number of carbonyl (C=O) groups excluding carboxylic acids is 2. The highest BCUT2D eigenvalue weighted by Crippen LogP contribution is 2.22. The summed E-state index contributed by atoms with van der Waals surface area (Å²) in [4.78, 5) is 38.1. The van der Waals surface area contributed by atoms with Gasteiger partial charge < -0.3 is 15.2 Å². The van der Waals surface area contributed by atoms with Gasteiger partial charge in [0.25, 0.3) is 11.6 Å². The molecule has 9 heteroatoms. The number of ether oxygens (including phenoxy) is 1. The zero-order valence-electron chi connectivity index (χ0n) is 12.6. The van der Waals surface area contributed by atoms with E-state index in [-0.39, 0.29) is 29.3 Å². The first-order valence-electron chi connectivity index (χ1n) is 6.84. The molecule has 1 heterocycles. The molecule has 0 saturated heterocycles. The number of nitrogens with zero attached hydrogens (tertiary/aromatic N) is 2. The number of non-ortho nitro benzene ring substituents is 1. The number of nitrogens with one attached hydrogen (secondary N) is 1. The molecule has 124 valence electrons. The number of aromatic nitrogens is 1. The molecule has 1 aromatic carbocycles. The Bertz CT molecular complexity index is 806. The minimum Gasteiger partial charge on any atom is -0.504 e. The van der Waals surface area contributed by atoms with Crippen LogP contribution in [0.25, 0.3) is 0 Å². The summed E-state index contributed by atoms with van der Waals surface area (Å²) in [6.07, 6.45) is 1.35. The lowest BCUT2D eigenvalue weighted by Gasteiger charge is -2.08. The van der Waals surface area contributed by atoms with Crippen LogP contribution in [0.3, 0.4) is 0 Å². The fourth-order valence-corrected chi connectivity index (χ4v) is 1.85. The molecule has 9 nitrogen and oxygen atoms in total. The van der Waals surface area contributed by atoms with Gasteiger partial charge in [-0.2, -0.15) is 0 Å². The Morgan fingerprint density at radius 3 is 2.67 bits per heavy atom. The largest absolute Gasteiger partial charge is 0.504 e. The van der Waals surface area contributed by atoms with Crippen LogP contribution in [0.4, 0.5) is 11.5 Å². The third-order valence-corrected chi connectivity index (χ3v) is 2.92. The zero-order chi connectivity index (χ0) is 17.7. The van der Waals surface area contributed by atoms with Crippen molar-refractivity contribution in [3.8, 4) is 5.75 Å². The Balaban J connectivity index is 2.37. The van der Waals surface area contributed by atoms with Crippen LogP contribution in [0.5, 0.6) is 5.75 Å². The Hall–Kier alpha value is -3.49. The number of hydrogen-bond donors (Lipinski definition) is 2. The maximum Gasteiger partial charge on any atom is 0.338 e. The van der Waals surface area contributed by atoms with Gasteiger partial charge in [-0.15, -0.1) is 0 Å². The summed E-state index contributed by atoms with van der Waals surface area (Å²) in [6.45, 7) is 1.68. The van der Waals surface area contributed by atoms with Gasteiger partial charge in [0.05, 0.1) is 17.1 Å². The standard InChI is InChI=1S/C15H13N3O6/c1-2-24-15(21)10-6-9(7-11(8-10)18(22)23)14(20)17-13-12(19)4-3-5-16-13/h3-8,19H,2H2,1H3,(H,16,17,20). The molecule has 0 bridgehead atoms. The maximum atomic E-state index is 12.2. The van der Waals surface area contributed by atoms with E-state index in [4.69, 9.17) is 4.74 Å². The van der Waals surface area contributed by atoms with E-state index in [9.17, 15) is 24.8 Å². The molecule has 0 aliphatic carbocycles. The topological polar surface area (TPSA) is 132 Å². The second kappa shape index (κ2) is 7.18. The summed E-state index contributed by atoms with van der Waals surface area (Å²) in [6, 6.07) is 5.99. The van der Waals surface area contributed by atoms with Crippen molar-refractivity contribution < 1.29 is 24.4 Å². The number of nitro groups is 1. The number of aromatic hydroxyl groups is 1. The predicted octanol–water partition coefficient (Wildman–Crippen LogP) is 2.12. The Labute approximate surface area is 136 Å². The van der Waals surface area contributed by atoms with Gasteiger partial charge in [-0.1, -0.05) is 0 Å². The molecule has 0 aliphatic rings. The fraction of sp³-hybridized carbons (Fsp3) is 0.133. The number of nitro benzene ring substituents is 1. The summed E-state index contributed by atoms with van der Waals surface area (Å²) < 4.78 is 4.79. The van der Waals surface area contributed by atoms with Crippen molar-refractivity contribution in [3.05, 3.63) is 57.8 Å². The number of esters is 1. The summed E-state index contributed by atoms with van der Waals surface area (Å²) in [7, 11) is 0. The summed E-state index contributed by atoms with van der Waals surface area (Å²) in [5.74, 6) is -1.91. The van der Waals surface area contributed by atoms with E-state index in [0.29, 0.717) is 0 Å². The second-order valence-corrected chi connectivity index (χ2v) is 4.57. The van der Waals surface area contributed by atoms with Crippen molar-refractivity contribution in [2.45, 2.75) is 6.92 Å². The molecule has 1 amide bonds. The van der Waals surface area contributed by atoms with Crippen LogP contribution in [-0.2, 0) is 4.74 Å². The summed E-state index contributed by atoms with van der Waals surface area (Å²) >= 11 is 0. The van der Waals surface area contributed by atoms with Gasteiger partial charge in [0.1, 0.15) is 0 Å². The molecule has 2 rings (SSSR count). The first kappa shape index (κ1) is 16.9. The number of pyridine rings is 1. The van der Waals surface area contributed by atoms with Crippen molar-refractivity contribution in [2.75, 3.05) is 11.9 Å². The van der Waals surface area contributed by atoms with E-state index in [1.807, 2.05) is 0 Å². The van der Waals surface area contributed by atoms with Gasteiger partial charge in [0.2, 0.25) is 0 Å². The van der Waals surface area contributed by atoms with Crippen molar-refractivity contribution in [2.24, 2.45) is 0 Å². The lowest BCUT2D eigenvalue weighted by Crippen LogP contribution is -2.15. The monoisotopic (exact) mass is 331 g/mol. The van der Waals surface area contributed by atoms with Gasteiger partial charge >= 0.3 is 5.97 Å². The minimum atomic E-state index is -0.782. The molecule has 0 fully saturated rings. The van der Waals surface area contributed by atoms with Gasteiger partial charge in [-0.05, 0) is 25.1 Å². The van der Waals surface area contributed by atoms with E-state index in [0.717, 1.165) is 12.1 Å². The lowest BCUT2D eigenvalue weighted by molar-refractivity contribution is -0.384. The van der Waals surface area contributed by atoms with Crippen molar-refractivity contribution in [3.63, 3.8) is 0 Å². The normalized spacial score (nSPS) is 10.0. The number of benzene rings is 1. The number of amides is 1. The molecule has 0 radical (unpaired) electrons.